The summed E-state index contributed by atoms with van der Waals surface area (Å²) in [5.41, 5.74) is 6.93. The van der Waals surface area contributed by atoms with Gasteiger partial charge in [0.1, 0.15) is 0 Å². The van der Waals surface area contributed by atoms with E-state index in [0.717, 1.165) is 24.3 Å². The summed E-state index contributed by atoms with van der Waals surface area (Å²) in [6, 6.07) is 10.8. The summed E-state index contributed by atoms with van der Waals surface area (Å²) in [7, 11) is 0. The molecule has 1 atom stereocenters. The Morgan fingerprint density at radius 2 is 1.87 bits per heavy atom. The zero-order chi connectivity index (χ0) is 22.6. The first-order chi connectivity index (χ1) is 15.0. The van der Waals surface area contributed by atoms with Gasteiger partial charge in [-0.05, 0) is 92.2 Å². The van der Waals surface area contributed by atoms with E-state index in [2.05, 4.69) is 69.9 Å². The van der Waals surface area contributed by atoms with E-state index in [1.165, 1.54) is 53.6 Å². The van der Waals surface area contributed by atoms with E-state index in [4.69, 9.17) is 16.6 Å². The molecular weight excluding hydrogens is 400 g/mol. The number of hydrogen-bond acceptors (Lipinski definition) is 2. The Morgan fingerprint density at radius 3 is 2.52 bits per heavy atom. The lowest BCUT2D eigenvalue weighted by Gasteiger charge is -2.28. The number of hydrogen-bond donors (Lipinski definition) is 1. The van der Waals surface area contributed by atoms with Crippen molar-refractivity contribution in [2.24, 2.45) is 5.92 Å². The number of aromatic nitrogens is 1. The van der Waals surface area contributed by atoms with Crippen LogP contribution >= 0.6 is 11.6 Å². The fourth-order valence-corrected chi connectivity index (χ4v) is 4.65. The molecule has 0 bridgehead atoms. The zero-order valence-electron chi connectivity index (χ0n) is 19.8. The minimum atomic E-state index is 0.417. The first-order valence-electron chi connectivity index (χ1n) is 11.8. The third kappa shape index (κ3) is 7.25. The maximum Gasteiger partial charge on any atom is 0.0513 e. The van der Waals surface area contributed by atoms with Crippen LogP contribution in [-0.4, -0.2) is 4.98 Å². The third-order valence-corrected chi connectivity index (χ3v) is 6.36. The molecule has 2 nitrogen and oxygen atoms in total. The predicted molar refractivity (Wildman–Crippen MR) is 136 cm³/mol. The smallest absolute Gasteiger partial charge is 0.0513 e. The van der Waals surface area contributed by atoms with Crippen LogP contribution in [0.3, 0.4) is 0 Å². The van der Waals surface area contributed by atoms with Crippen LogP contribution in [0, 0.1) is 5.92 Å². The molecule has 1 heterocycles. The first kappa shape index (κ1) is 25.2. The number of halogens is 1. The Balaban J connectivity index is 0.000000366. The monoisotopic (exact) mass is 438 g/mol. The maximum absolute atomic E-state index is 6.28. The molecule has 2 aromatic rings. The summed E-state index contributed by atoms with van der Waals surface area (Å²) in [6.45, 7) is 12.3. The molecule has 0 radical (unpaired) electrons. The number of aryl methyl sites for hydroxylation is 2. The molecule has 168 valence electrons. The Bertz CT molecular complexity index is 850. The van der Waals surface area contributed by atoms with Crippen LogP contribution in [0.2, 0.25) is 5.02 Å². The van der Waals surface area contributed by atoms with Gasteiger partial charge >= 0.3 is 0 Å². The van der Waals surface area contributed by atoms with E-state index >= 15 is 0 Å². The van der Waals surface area contributed by atoms with Crippen molar-refractivity contribution < 1.29 is 0 Å². The number of allylic oxidation sites excluding steroid dienone is 1. The van der Waals surface area contributed by atoms with E-state index < -0.39 is 0 Å². The number of nitrogens with zero attached hydrogens (tertiary/aromatic N) is 1. The Morgan fingerprint density at radius 1 is 1.16 bits per heavy atom. The van der Waals surface area contributed by atoms with Crippen molar-refractivity contribution >= 4 is 11.6 Å². The molecule has 3 rings (SSSR count). The van der Waals surface area contributed by atoms with Gasteiger partial charge in [0, 0.05) is 17.1 Å². The molecule has 0 fully saturated rings. The number of pyridine rings is 1. The van der Waals surface area contributed by atoms with Crippen molar-refractivity contribution in [1.82, 2.24) is 10.3 Å². The molecule has 0 saturated heterocycles. The average molecular weight is 439 g/mol. The molecule has 0 saturated carbocycles. The summed E-state index contributed by atoms with van der Waals surface area (Å²) in [5, 5.41) is 3.75. The minimum Gasteiger partial charge on any atom is -0.368 e. The fraction of sp³-hybridized carbons (Fsp3) is 0.464. The van der Waals surface area contributed by atoms with Gasteiger partial charge in [-0.3, -0.25) is 4.98 Å². The second-order valence-corrected chi connectivity index (χ2v) is 8.86. The lowest BCUT2D eigenvalue weighted by molar-refractivity contribution is 0.390. The maximum atomic E-state index is 6.28. The summed E-state index contributed by atoms with van der Waals surface area (Å²) in [4.78, 5) is 4.83. The van der Waals surface area contributed by atoms with Gasteiger partial charge < -0.3 is 5.32 Å². The highest BCUT2D eigenvalue weighted by atomic mass is 35.5. The molecule has 0 aliphatic heterocycles. The van der Waals surface area contributed by atoms with Crippen molar-refractivity contribution in [1.29, 1.82) is 0 Å². The predicted octanol–water partition coefficient (Wildman–Crippen LogP) is 8.22. The van der Waals surface area contributed by atoms with Gasteiger partial charge in [-0.1, -0.05) is 69.5 Å². The summed E-state index contributed by atoms with van der Waals surface area (Å²) in [5.74, 6) is 1.08. The Hall–Kier alpha value is -2.06. The molecule has 1 aromatic carbocycles. The molecule has 0 amide bonds. The van der Waals surface area contributed by atoms with Crippen LogP contribution in [0.1, 0.15) is 88.1 Å². The van der Waals surface area contributed by atoms with Crippen molar-refractivity contribution in [2.75, 3.05) is 0 Å². The molecule has 1 unspecified atom stereocenters. The highest BCUT2D eigenvalue weighted by Crippen LogP contribution is 2.42. The van der Waals surface area contributed by atoms with Crippen LogP contribution in [0.15, 0.2) is 61.1 Å². The Labute approximate surface area is 194 Å². The van der Waals surface area contributed by atoms with Crippen LogP contribution in [0.25, 0.3) is 0 Å². The van der Waals surface area contributed by atoms with Crippen molar-refractivity contribution in [3.05, 3.63) is 88.5 Å². The van der Waals surface area contributed by atoms with E-state index in [9.17, 15) is 0 Å². The first-order valence-corrected chi connectivity index (χ1v) is 12.2. The second kappa shape index (κ2) is 13.4. The molecule has 31 heavy (non-hydrogen) atoms. The topological polar surface area (TPSA) is 24.9 Å². The molecule has 1 aromatic heterocycles. The fourth-order valence-electron chi connectivity index (χ4n) is 4.45. The zero-order valence-corrected chi connectivity index (χ0v) is 20.5. The standard InChI is InChI=1S/C21H26ClN.C7H13N/c1-3-6-15(7-4-2)20-19-12-11-18(22)14-17(19)10-9-16-8-5-13-23-21(16)20;1-4-7(3)6-8-5-2/h5,8,11-15,20H,3-4,6-7,9-10H2,1-2H3;5-6,8H,2,4H2,1,3H3/b;7-6+. The van der Waals surface area contributed by atoms with Crippen molar-refractivity contribution in [3.63, 3.8) is 0 Å². The lowest BCUT2D eigenvalue weighted by atomic mass is 9.77. The molecule has 1 N–H and O–H groups in total. The van der Waals surface area contributed by atoms with E-state index in [1.54, 1.807) is 6.20 Å². The SMILES string of the molecule is C=CN/C=C(\C)CC.CCCC(CCC)C1c2ccc(Cl)cc2CCc2cccnc21. The average Bonchev–Trinajstić information content (AvgIpc) is 2.94. The summed E-state index contributed by atoms with van der Waals surface area (Å²) in [6.07, 6.45) is 13.8. The number of rotatable bonds is 8. The van der Waals surface area contributed by atoms with Crippen molar-refractivity contribution in [2.45, 2.75) is 78.6 Å². The van der Waals surface area contributed by atoms with Crippen LogP contribution < -0.4 is 5.32 Å². The van der Waals surface area contributed by atoms with Crippen LogP contribution in [0.4, 0.5) is 0 Å². The second-order valence-electron chi connectivity index (χ2n) is 8.42. The van der Waals surface area contributed by atoms with Gasteiger partial charge in [0.05, 0.1) is 5.69 Å². The highest BCUT2D eigenvalue weighted by Gasteiger charge is 2.30. The van der Waals surface area contributed by atoms with Crippen LogP contribution in [-0.2, 0) is 12.8 Å². The van der Waals surface area contributed by atoms with E-state index in [1.807, 2.05) is 12.4 Å². The largest absolute Gasteiger partial charge is 0.368 e. The number of nitrogens with one attached hydrogen (secondary N) is 1. The summed E-state index contributed by atoms with van der Waals surface area (Å²) < 4.78 is 0. The third-order valence-electron chi connectivity index (χ3n) is 6.12. The normalized spacial score (nSPS) is 15.3. The van der Waals surface area contributed by atoms with Crippen molar-refractivity contribution in [3.8, 4) is 0 Å². The number of fused-ring (bicyclic) bond motifs is 2. The molecule has 1 aliphatic rings. The van der Waals surface area contributed by atoms with Gasteiger partial charge in [-0.15, -0.1) is 0 Å². The number of benzene rings is 1. The van der Waals surface area contributed by atoms with Gasteiger partial charge in [-0.2, -0.15) is 0 Å². The molecule has 0 spiro atoms. The van der Waals surface area contributed by atoms with Gasteiger partial charge in [0.15, 0.2) is 0 Å². The minimum absolute atomic E-state index is 0.417. The van der Waals surface area contributed by atoms with E-state index in [-0.39, 0.29) is 0 Å². The Kier molecular flexibility index (Phi) is 10.9. The molecule has 3 heteroatoms. The van der Waals surface area contributed by atoms with Gasteiger partial charge in [-0.25, -0.2) is 0 Å². The summed E-state index contributed by atoms with van der Waals surface area (Å²) >= 11 is 6.28. The van der Waals surface area contributed by atoms with Gasteiger partial charge in [0.2, 0.25) is 0 Å². The highest BCUT2D eigenvalue weighted by molar-refractivity contribution is 6.30. The molecule has 1 aliphatic carbocycles. The quantitative estimate of drug-likeness (QED) is 0.449. The molecular formula is C28H39ClN2. The van der Waals surface area contributed by atoms with Gasteiger partial charge in [0.25, 0.3) is 0 Å². The van der Waals surface area contributed by atoms with Crippen LogP contribution in [0.5, 0.6) is 0 Å². The van der Waals surface area contributed by atoms with E-state index in [0.29, 0.717) is 11.8 Å². The lowest BCUT2D eigenvalue weighted by Crippen LogP contribution is -2.17.